The average Bonchev–Trinajstić information content (AvgIpc) is 3.85. The van der Waals surface area contributed by atoms with Gasteiger partial charge in [0.15, 0.2) is 34.2 Å². The van der Waals surface area contributed by atoms with E-state index in [0.717, 1.165) is 11.6 Å². The Labute approximate surface area is 422 Å². The van der Waals surface area contributed by atoms with Crippen molar-refractivity contribution in [3.05, 3.63) is 184 Å². The van der Waals surface area contributed by atoms with Crippen LogP contribution < -0.4 is 16.0 Å². The lowest BCUT2D eigenvalue weighted by atomic mass is 9.88. The molecule has 20 heteroatoms. The van der Waals surface area contributed by atoms with E-state index in [1.165, 1.54) is 60.9 Å². The molecule has 3 aliphatic rings. The molecule has 1 aromatic heterocycles. The number of aromatic nitrogens is 1. The highest BCUT2D eigenvalue weighted by molar-refractivity contribution is 6.40. The third kappa shape index (κ3) is 9.87. The first-order valence-electron chi connectivity index (χ1n) is 20.4. The van der Waals surface area contributed by atoms with Crippen molar-refractivity contribution in [3.8, 4) is 0 Å². The van der Waals surface area contributed by atoms with E-state index < -0.39 is 71.2 Å². The molecule has 0 aliphatic carbocycles. The first kappa shape index (κ1) is 51.1. The number of hydrogen-bond donors (Lipinski definition) is 6. The molecule has 69 heavy (non-hydrogen) atoms. The summed E-state index contributed by atoms with van der Waals surface area (Å²) in [5.41, 5.74) is -3.04. The number of aliphatic hydroxyl groups is 3. The molecule has 0 bridgehead atoms. The molecular weight excluding hydrogens is 1020 g/mol. The van der Waals surface area contributed by atoms with Crippen LogP contribution in [0.5, 0.6) is 0 Å². The molecule has 0 saturated carbocycles. The molecule has 3 amide bonds. The summed E-state index contributed by atoms with van der Waals surface area (Å²) in [7, 11) is 0. The smallest absolute Gasteiger partial charge is 0.261 e. The van der Waals surface area contributed by atoms with Crippen molar-refractivity contribution in [2.75, 3.05) is 16.0 Å². The lowest BCUT2D eigenvalue weighted by Crippen LogP contribution is -2.36. The lowest BCUT2D eigenvalue weighted by molar-refractivity contribution is -0.133. The number of rotatable bonds is 9. The van der Waals surface area contributed by atoms with Crippen LogP contribution in [0.4, 0.5) is 21.5 Å². The Morgan fingerprint density at radius 3 is 1.26 bits per heavy atom. The van der Waals surface area contributed by atoms with Crippen molar-refractivity contribution in [1.82, 2.24) is 4.98 Å². The zero-order valence-electron chi connectivity index (χ0n) is 35.8. The summed E-state index contributed by atoms with van der Waals surface area (Å²) in [6, 6.07) is 23.0. The van der Waals surface area contributed by atoms with Gasteiger partial charge in [0.2, 0.25) is 0 Å². The minimum atomic E-state index is -2.16. The van der Waals surface area contributed by atoms with Crippen molar-refractivity contribution in [2.45, 2.75) is 49.9 Å². The standard InChI is InChI=1S/C17H12Cl2FNO3.C17H13Cl2NO3.C15H10Cl2N2O3/c1-8-2-3-9(6-12(8)20)13(22)7-17(24)14-10(18)4-5-11(19)15(14)21-16(17)23;1-9-2-4-10(5-3-9)13(21)8-17(23)14-11(18)6-7-12(19)15(14)20-16(17)22;16-9-3-4-10(17)13-12(9)15(22,14(21)19-13)6-11(20)8-2-1-5-18-7-8/h2-6,24H,7H2,1H3,(H,21,23);2-7,23H,8H2,1H3,(H,20,22);1-5,7,22H,6H2,(H,19,21). The van der Waals surface area contributed by atoms with E-state index in [1.807, 2.05) is 6.92 Å². The van der Waals surface area contributed by atoms with Gasteiger partial charge in [-0.2, -0.15) is 0 Å². The van der Waals surface area contributed by atoms with Crippen LogP contribution in [0.1, 0.15) is 78.2 Å². The summed E-state index contributed by atoms with van der Waals surface area (Å²) in [6.45, 7) is 3.48. The zero-order valence-corrected chi connectivity index (χ0v) is 40.4. The van der Waals surface area contributed by atoms with Crippen molar-refractivity contribution in [2.24, 2.45) is 0 Å². The maximum atomic E-state index is 13.6. The molecule has 0 spiro atoms. The SMILES string of the molecule is Cc1ccc(C(=O)CC2(O)C(=O)Nc3c(Cl)ccc(Cl)c32)cc1.Cc1ccc(C(=O)CC2(O)C(=O)Nc3c(Cl)ccc(Cl)c32)cc1F.O=C(CC1(O)C(=O)Nc2c(Cl)ccc(Cl)c21)c1cccnc1. The highest BCUT2D eigenvalue weighted by Gasteiger charge is 2.51. The van der Waals surface area contributed by atoms with Gasteiger partial charge in [-0.3, -0.25) is 33.8 Å². The number of Topliss-reactive ketones (excluding diaryl/α,β-unsaturated/α-hetero) is 3. The lowest BCUT2D eigenvalue weighted by Gasteiger charge is -2.21. The highest BCUT2D eigenvalue weighted by atomic mass is 35.5. The molecule has 0 saturated heterocycles. The number of hydrogen-bond acceptors (Lipinski definition) is 10. The summed E-state index contributed by atoms with van der Waals surface area (Å²) in [6.07, 6.45) is 1.47. The second-order valence-electron chi connectivity index (χ2n) is 16.2. The van der Waals surface area contributed by atoms with Crippen molar-refractivity contribution >= 4 is 122 Å². The van der Waals surface area contributed by atoms with Gasteiger partial charge >= 0.3 is 0 Å². The maximum absolute atomic E-state index is 13.6. The van der Waals surface area contributed by atoms with Crippen LogP contribution in [0.2, 0.25) is 30.1 Å². The number of ketones is 3. The molecule has 6 aromatic rings. The molecule has 9 rings (SSSR count). The van der Waals surface area contributed by atoms with E-state index in [2.05, 4.69) is 20.9 Å². The monoisotopic (exact) mass is 1050 g/mol. The summed E-state index contributed by atoms with van der Waals surface area (Å²) < 4.78 is 13.6. The van der Waals surface area contributed by atoms with E-state index in [-0.39, 0.29) is 75.2 Å². The Bertz CT molecular complexity index is 3140. The number of nitrogens with zero attached hydrogens (tertiary/aromatic N) is 1. The number of anilines is 3. The van der Waals surface area contributed by atoms with Crippen LogP contribution in [0, 0.1) is 19.7 Å². The van der Waals surface area contributed by atoms with E-state index in [0.29, 0.717) is 16.7 Å². The second-order valence-corrected chi connectivity index (χ2v) is 18.6. The van der Waals surface area contributed by atoms with Gasteiger partial charge in [-0.05, 0) is 74.0 Å². The summed E-state index contributed by atoms with van der Waals surface area (Å²) >= 11 is 36.3. The minimum absolute atomic E-state index is 0.0580. The Morgan fingerprint density at radius 1 is 0.522 bits per heavy atom. The molecule has 13 nitrogen and oxygen atoms in total. The normalized spacial score (nSPS) is 19.4. The van der Waals surface area contributed by atoms with Crippen LogP contribution in [-0.4, -0.2) is 55.4 Å². The van der Waals surface area contributed by atoms with Gasteiger partial charge in [0, 0.05) is 60.8 Å². The third-order valence-electron chi connectivity index (χ3n) is 11.5. The van der Waals surface area contributed by atoms with Gasteiger partial charge in [0.05, 0.1) is 51.4 Å². The molecular formula is C49H35Cl6FN4O9. The fourth-order valence-electron chi connectivity index (χ4n) is 7.77. The number of carbonyl (C=O) groups excluding carboxylic acids is 6. The molecule has 354 valence electrons. The minimum Gasteiger partial charge on any atom is -0.375 e. The van der Waals surface area contributed by atoms with E-state index in [1.54, 1.807) is 43.3 Å². The average molecular weight is 1060 g/mol. The van der Waals surface area contributed by atoms with E-state index in [4.69, 9.17) is 69.6 Å². The molecule has 4 heterocycles. The predicted molar refractivity (Wildman–Crippen MR) is 260 cm³/mol. The van der Waals surface area contributed by atoms with Crippen LogP contribution >= 0.6 is 69.6 Å². The number of amides is 3. The largest absolute Gasteiger partial charge is 0.375 e. The Hall–Kier alpha value is -5.78. The zero-order chi connectivity index (χ0) is 50.3. The number of benzene rings is 5. The maximum Gasteiger partial charge on any atom is 0.261 e. The molecule has 6 N–H and O–H groups in total. The van der Waals surface area contributed by atoms with Gasteiger partial charge in [-0.1, -0.05) is 112 Å². The number of aryl methyl sites for hydroxylation is 2. The van der Waals surface area contributed by atoms with Gasteiger partial charge in [0.1, 0.15) is 5.82 Å². The van der Waals surface area contributed by atoms with Gasteiger partial charge in [0.25, 0.3) is 17.7 Å². The molecule has 3 unspecified atom stereocenters. The van der Waals surface area contributed by atoms with Crippen LogP contribution in [0.15, 0.2) is 103 Å². The Morgan fingerprint density at radius 2 is 0.884 bits per heavy atom. The van der Waals surface area contributed by atoms with Crippen LogP contribution in [-0.2, 0) is 31.2 Å². The summed E-state index contributed by atoms with van der Waals surface area (Å²) in [4.78, 5) is 77.7. The molecule has 5 aromatic carbocycles. The first-order chi connectivity index (χ1) is 32.5. The van der Waals surface area contributed by atoms with Crippen molar-refractivity contribution < 1.29 is 48.5 Å². The third-order valence-corrected chi connectivity index (χ3v) is 13.4. The topological polar surface area (TPSA) is 212 Å². The number of pyridine rings is 1. The van der Waals surface area contributed by atoms with Gasteiger partial charge in [-0.25, -0.2) is 4.39 Å². The van der Waals surface area contributed by atoms with Crippen molar-refractivity contribution in [3.63, 3.8) is 0 Å². The fourth-order valence-corrected chi connectivity index (χ4v) is 9.32. The predicted octanol–water partition coefficient (Wildman–Crippen LogP) is 10.4. The van der Waals surface area contributed by atoms with E-state index in [9.17, 15) is 48.5 Å². The van der Waals surface area contributed by atoms with Crippen LogP contribution in [0.25, 0.3) is 0 Å². The van der Waals surface area contributed by atoms with E-state index >= 15 is 0 Å². The molecule has 0 fully saturated rings. The second kappa shape index (κ2) is 19.9. The number of fused-ring (bicyclic) bond motifs is 3. The van der Waals surface area contributed by atoms with Crippen molar-refractivity contribution in [1.29, 1.82) is 0 Å². The Balaban J connectivity index is 0.000000153. The molecule has 0 radical (unpaired) electrons. The molecule has 3 aliphatic heterocycles. The van der Waals surface area contributed by atoms with Crippen LogP contribution in [0.3, 0.4) is 0 Å². The number of halogens is 7. The number of carbonyl (C=O) groups is 6. The summed E-state index contributed by atoms with van der Waals surface area (Å²) in [5, 5.41) is 41.0. The Kier molecular flexibility index (Phi) is 14.7. The highest BCUT2D eigenvalue weighted by Crippen LogP contribution is 2.49. The molecule has 3 atom stereocenters. The number of nitrogens with one attached hydrogen (secondary N) is 3. The van der Waals surface area contributed by atoms with Gasteiger partial charge in [-0.15, -0.1) is 0 Å². The summed E-state index contributed by atoms with van der Waals surface area (Å²) in [5.74, 6) is -4.13. The van der Waals surface area contributed by atoms with Gasteiger partial charge < -0.3 is 31.3 Å². The first-order valence-corrected chi connectivity index (χ1v) is 22.7. The quantitative estimate of drug-likeness (QED) is 0.0754. The fraction of sp³-hybridized carbons (Fsp3) is 0.163.